The summed E-state index contributed by atoms with van der Waals surface area (Å²) in [6, 6.07) is 5.60. The Morgan fingerprint density at radius 1 is 1.00 bits per heavy atom. The number of fused-ring (bicyclic) bond motifs is 1. The quantitative estimate of drug-likeness (QED) is 0.353. The second kappa shape index (κ2) is 7.60. The average molecular weight is 340 g/mol. The van der Waals surface area contributed by atoms with Crippen LogP contribution in [0.5, 0.6) is 5.75 Å². The molecule has 0 amide bonds. The number of hydrogen-bond donors (Lipinski definition) is 0. The van der Waals surface area contributed by atoms with Crippen molar-refractivity contribution in [2.24, 2.45) is 0 Å². The van der Waals surface area contributed by atoms with Gasteiger partial charge in [-0.15, -0.1) is 0 Å². The van der Waals surface area contributed by atoms with E-state index in [9.17, 15) is 9.59 Å². The smallest absolute Gasteiger partial charge is 0.347 e. The molecule has 1 aliphatic rings. The SMILES string of the molecule is CCOC(=O)C(C(=O)OCC)=C1Sc2ccc(OC)cc2S1. The molecule has 1 aromatic rings. The van der Waals surface area contributed by atoms with Crippen molar-refractivity contribution in [2.75, 3.05) is 20.3 Å². The fourth-order valence-electron chi connectivity index (χ4n) is 1.76. The molecule has 1 aliphatic heterocycles. The van der Waals surface area contributed by atoms with Gasteiger partial charge < -0.3 is 14.2 Å². The highest BCUT2D eigenvalue weighted by molar-refractivity contribution is 8.24. The molecule has 0 atom stereocenters. The van der Waals surface area contributed by atoms with Gasteiger partial charge in [-0.25, -0.2) is 9.59 Å². The first kappa shape index (κ1) is 16.8. The standard InChI is InChI=1S/C15H16O5S2/c1-4-19-13(16)12(14(17)20-5-2)15-21-10-7-6-9(18-3)8-11(10)22-15/h6-8H,4-5H2,1-3H3. The second-order valence-electron chi connectivity index (χ2n) is 4.12. The molecule has 2 rings (SSSR count). The van der Waals surface area contributed by atoms with E-state index in [4.69, 9.17) is 14.2 Å². The summed E-state index contributed by atoms with van der Waals surface area (Å²) in [4.78, 5) is 26.1. The number of ether oxygens (including phenoxy) is 3. The van der Waals surface area contributed by atoms with Crippen molar-refractivity contribution in [3.8, 4) is 5.75 Å². The summed E-state index contributed by atoms with van der Waals surface area (Å²) in [5, 5.41) is 0. The van der Waals surface area contributed by atoms with Gasteiger partial charge in [-0.3, -0.25) is 0 Å². The molecule has 0 radical (unpaired) electrons. The minimum absolute atomic E-state index is 0.0473. The lowest BCUT2D eigenvalue weighted by atomic mass is 10.3. The summed E-state index contributed by atoms with van der Waals surface area (Å²) < 4.78 is 15.7. The second-order valence-corrected chi connectivity index (χ2v) is 6.48. The van der Waals surface area contributed by atoms with Crippen molar-refractivity contribution in [1.29, 1.82) is 0 Å². The Kier molecular flexibility index (Phi) is 5.79. The number of hydrogen-bond acceptors (Lipinski definition) is 7. The van der Waals surface area contributed by atoms with Crippen LogP contribution in [0.25, 0.3) is 0 Å². The first-order valence-corrected chi connectivity index (χ1v) is 8.36. The maximum Gasteiger partial charge on any atom is 0.347 e. The summed E-state index contributed by atoms with van der Waals surface area (Å²) in [7, 11) is 1.59. The van der Waals surface area contributed by atoms with E-state index in [1.165, 1.54) is 23.5 Å². The molecule has 1 aromatic carbocycles. The summed E-state index contributed by atoms with van der Waals surface area (Å²) in [6.07, 6.45) is 0. The molecule has 0 bridgehead atoms. The Hall–Kier alpha value is -1.60. The predicted molar refractivity (Wildman–Crippen MR) is 85.0 cm³/mol. The zero-order chi connectivity index (χ0) is 16.1. The molecule has 22 heavy (non-hydrogen) atoms. The van der Waals surface area contributed by atoms with Crippen LogP contribution in [0.15, 0.2) is 37.8 Å². The van der Waals surface area contributed by atoms with E-state index in [-0.39, 0.29) is 18.8 Å². The van der Waals surface area contributed by atoms with Crippen LogP contribution < -0.4 is 4.74 Å². The van der Waals surface area contributed by atoms with Crippen LogP contribution in [-0.2, 0) is 19.1 Å². The molecule has 0 N–H and O–H groups in total. The van der Waals surface area contributed by atoms with Crippen molar-refractivity contribution >= 4 is 35.5 Å². The lowest BCUT2D eigenvalue weighted by Crippen LogP contribution is -2.19. The van der Waals surface area contributed by atoms with Crippen LogP contribution in [0.4, 0.5) is 0 Å². The molecule has 1 heterocycles. The van der Waals surface area contributed by atoms with Crippen molar-refractivity contribution in [3.05, 3.63) is 28.0 Å². The number of carbonyl (C=O) groups is 2. The van der Waals surface area contributed by atoms with Gasteiger partial charge in [0.2, 0.25) is 0 Å². The van der Waals surface area contributed by atoms with E-state index in [1.807, 2.05) is 18.2 Å². The molecule has 0 spiro atoms. The van der Waals surface area contributed by atoms with E-state index >= 15 is 0 Å². The van der Waals surface area contributed by atoms with Crippen molar-refractivity contribution in [1.82, 2.24) is 0 Å². The maximum absolute atomic E-state index is 12.1. The van der Waals surface area contributed by atoms with Gasteiger partial charge in [0.05, 0.1) is 24.6 Å². The first-order valence-electron chi connectivity index (χ1n) is 6.72. The number of benzene rings is 1. The van der Waals surface area contributed by atoms with Crippen molar-refractivity contribution in [2.45, 2.75) is 23.6 Å². The number of methoxy groups -OCH3 is 1. The lowest BCUT2D eigenvalue weighted by Gasteiger charge is -2.08. The van der Waals surface area contributed by atoms with Gasteiger partial charge in [-0.1, -0.05) is 23.5 Å². The van der Waals surface area contributed by atoms with E-state index in [2.05, 4.69) is 0 Å². The summed E-state index contributed by atoms with van der Waals surface area (Å²) in [5.41, 5.74) is -0.0473. The average Bonchev–Trinajstić information content (AvgIpc) is 2.90. The molecule has 0 saturated heterocycles. The number of carbonyl (C=O) groups excluding carboxylic acids is 2. The van der Waals surface area contributed by atoms with Gasteiger partial charge in [-0.2, -0.15) is 0 Å². The maximum atomic E-state index is 12.1. The normalized spacial score (nSPS) is 12.6. The largest absolute Gasteiger partial charge is 0.497 e. The van der Waals surface area contributed by atoms with Gasteiger partial charge in [0.1, 0.15) is 5.75 Å². The molecule has 0 unspecified atom stereocenters. The highest BCUT2D eigenvalue weighted by Gasteiger charge is 2.31. The highest BCUT2D eigenvalue weighted by Crippen LogP contribution is 2.53. The molecule has 5 nitrogen and oxygen atoms in total. The van der Waals surface area contributed by atoms with Gasteiger partial charge in [-0.05, 0) is 32.0 Å². The Balaban J connectivity index is 2.36. The fraction of sp³-hybridized carbons (Fsp3) is 0.333. The topological polar surface area (TPSA) is 61.8 Å². The molecule has 7 heteroatoms. The fourth-order valence-corrected chi connectivity index (χ4v) is 4.29. The Morgan fingerprint density at radius 2 is 1.59 bits per heavy atom. The molecule has 0 fully saturated rings. The lowest BCUT2D eigenvalue weighted by molar-refractivity contribution is -0.146. The summed E-state index contributed by atoms with van der Waals surface area (Å²) >= 11 is 2.70. The monoisotopic (exact) mass is 340 g/mol. The van der Waals surface area contributed by atoms with Gasteiger partial charge in [0, 0.05) is 9.79 Å². The zero-order valence-electron chi connectivity index (χ0n) is 12.5. The number of rotatable bonds is 5. The Bertz CT molecular complexity index is 604. The van der Waals surface area contributed by atoms with Gasteiger partial charge >= 0.3 is 11.9 Å². The van der Waals surface area contributed by atoms with Crippen LogP contribution in [-0.4, -0.2) is 32.3 Å². The zero-order valence-corrected chi connectivity index (χ0v) is 14.1. The van der Waals surface area contributed by atoms with Crippen LogP contribution in [0.1, 0.15) is 13.8 Å². The molecular formula is C15H16O5S2. The van der Waals surface area contributed by atoms with E-state index < -0.39 is 11.9 Å². The first-order chi connectivity index (χ1) is 10.6. The van der Waals surface area contributed by atoms with E-state index in [0.29, 0.717) is 4.24 Å². The molecule has 0 aliphatic carbocycles. The molecule has 118 valence electrons. The number of thioether (sulfide) groups is 2. The van der Waals surface area contributed by atoms with Crippen molar-refractivity contribution in [3.63, 3.8) is 0 Å². The van der Waals surface area contributed by atoms with Crippen LogP contribution >= 0.6 is 23.5 Å². The Morgan fingerprint density at radius 3 is 2.14 bits per heavy atom. The van der Waals surface area contributed by atoms with E-state index in [0.717, 1.165) is 15.5 Å². The third kappa shape index (κ3) is 3.59. The van der Waals surface area contributed by atoms with Crippen LogP contribution in [0.3, 0.4) is 0 Å². The third-order valence-corrected chi connectivity index (χ3v) is 5.26. The number of esters is 2. The molecule has 0 saturated carbocycles. The highest BCUT2D eigenvalue weighted by atomic mass is 32.2. The van der Waals surface area contributed by atoms with Gasteiger partial charge in [0.15, 0.2) is 5.57 Å². The van der Waals surface area contributed by atoms with E-state index in [1.54, 1.807) is 21.0 Å². The van der Waals surface area contributed by atoms with Crippen LogP contribution in [0, 0.1) is 0 Å². The minimum Gasteiger partial charge on any atom is -0.497 e. The Labute approximate surface area is 137 Å². The molecule has 0 aromatic heterocycles. The van der Waals surface area contributed by atoms with Crippen molar-refractivity contribution < 1.29 is 23.8 Å². The third-order valence-electron chi connectivity index (χ3n) is 2.72. The van der Waals surface area contributed by atoms with Crippen LogP contribution in [0.2, 0.25) is 0 Å². The van der Waals surface area contributed by atoms with Gasteiger partial charge in [0.25, 0.3) is 0 Å². The summed E-state index contributed by atoms with van der Waals surface area (Å²) in [6.45, 7) is 3.79. The minimum atomic E-state index is -0.657. The summed E-state index contributed by atoms with van der Waals surface area (Å²) in [5.74, 6) is -0.589. The molecular weight excluding hydrogens is 324 g/mol. The predicted octanol–water partition coefficient (Wildman–Crippen LogP) is 3.23.